The minimum Gasteiger partial charge on any atom is -0.465 e. The van der Waals surface area contributed by atoms with Gasteiger partial charge < -0.3 is 9.64 Å². The van der Waals surface area contributed by atoms with E-state index in [-0.39, 0.29) is 22.6 Å². The lowest BCUT2D eigenvalue weighted by Crippen LogP contribution is -2.24. The second kappa shape index (κ2) is 5.91. The van der Waals surface area contributed by atoms with E-state index in [2.05, 4.69) is 0 Å². The van der Waals surface area contributed by atoms with Gasteiger partial charge in [0.1, 0.15) is 5.82 Å². The van der Waals surface area contributed by atoms with Crippen molar-refractivity contribution in [2.45, 2.75) is 13.8 Å². The van der Waals surface area contributed by atoms with Crippen LogP contribution in [-0.2, 0) is 14.3 Å². The quantitative estimate of drug-likeness (QED) is 0.634. The monoisotopic (exact) mass is 289 g/mol. The molecule has 4 nitrogen and oxygen atoms in total. The molecule has 0 aliphatic carbocycles. The Morgan fingerprint density at radius 2 is 2.05 bits per heavy atom. The molecule has 0 saturated heterocycles. The Bertz CT molecular complexity index is 661. The van der Waals surface area contributed by atoms with Crippen molar-refractivity contribution in [3.05, 3.63) is 52.5 Å². The molecule has 1 aliphatic rings. The molecular weight excluding hydrogens is 273 g/mol. The van der Waals surface area contributed by atoms with E-state index in [1.165, 1.54) is 24.2 Å². The van der Waals surface area contributed by atoms with Crippen molar-refractivity contribution in [1.29, 1.82) is 0 Å². The maximum Gasteiger partial charge on any atom is 0.340 e. The molecule has 0 N–H and O–H groups in total. The molecule has 0 saturated carbocycles. The van der Waals surface area contributed by atoms with Gasteiger partial charge in [0.25, 0.3) is 5.91 Å². The highest BCUT2D eigenvalue weighted by Crippen LogP contribution is 2.31. The Labute approximate surface area is 122 Å². The number of nitrogens with zero attached hydrogens (tertiary/aromatic N) is 1. The number of hydrogen-bond donors (Lipinski definition) is 0. The predicted octanol–water partition coefficient (Wildman–Crippen LogP) is 2.52. The summed E-state index contributed by atoms with van der Waals surface area (Å²) in [6.07, 6.45) is 1.39. The van der Waals surface area contributed by atoms with Gasteiger partial charge in [0.2, 0.25) is 0 Å². The third-order valence-electron chi connectivity index (χ3n) is 3.42. The Balaban J connectivity index is 2.58. The lowest BCUT2D eigenvalue weighted by Gasteiger charge is -2.14. The highest BCUT2D eigenvalue weighted by atomic mass is 19.1. The maximum atomic E-state index is 13.8. The lowest BCUT2D eigenvalue weighted by atomic mass is 10.0. The summed E-state index contributed by atoms with van der Waals surface area (Å²) >= 11 is 0. The third-order valence-corrected chi connectivity index (χ3v) is 3.42. The smallest absolute Gasteiger partial charge is 0.340 e. The van der Waals surface area contributed by atoms with Crippen molar-refractivity contribution in [1.82, 2.24) is 4.90 Å². The summed E-state index contributed by atoms with van der Waals surface area (Å²) in [7, 11) is 1.25. The van der Waals surface area contributed by atoms with E-state index in [0.717, 1.165) is 0 Å². The van der Waals surface area contributed by atoms with E-state index in [4.69, 9.17) is 4.74 Å². The summed E-state index contributed by atoms with van der Waals surface area (Å²) in [5.41, 5.74) is 1.13. The van der Waals surface area contributed by atoms with Crippen molar-refractivity contribution in [2.24, 2.45) is 0 Å². The van der Waals surface area contributed by atoms with Gasteiger partial charge in [-0.15, -0.1) is 0 Å². The summed E-state index contributed by atoms with van der Waals surface area (Å²) in [6.45, 7) is 3.91. The van der Waals surface area contributed by atoms with Gasteiger partial charge in [-0.05, 0) is 26.0 Å². The number of allylic oxidation sites excluding steroid dienone is 1. The number of rotatable bonds is 3. The molecule has 21 heavy (non-hydrogen) atoms. The number of amides is 1. The van der Waals surface area contributed by atoms with Crippen LogP contribution in [0.3, 0.4) is 0 Å². The van der Waals surface area contributed by atoms with Gasteiger partial charge in [-0.1, -0.05) is 18.2 Å². The zero-order valence-electron chi connectivity index (χ0n) is 12.1. The molecule has 0 fully saturated rings. The average Bonchev–Trinajstić information content (AvgIpc) is 2.71. The Morgan fingerprint density at radius 1 is 1.38 bits per heavy atom. The van der Waals surface area contributed by atoms with Crippen LogP contribution >= 0.6 is 0 Å². The van der Waals surface area contributed by atoms with E-state index >= 15 is 0 Å². The normalized spacial score (nSPS) is 16.9. The van der Waals surface area contributed by atoms with Crippen LogP contribution in [0.5, 0.6) is 0 Å². The van der Waals surface area contributed by atoms with E-state index in [9.17, 15) is 14.0 Å². The Kier molecular flexibility index (Phi) is 4.21. The zero-order chi connectivity index (χ0) is 15.6. The Hall–Kier alpha value is -2.43. The topological polar surface area (TPSA) is 46.6 Å². The number of carbonyl (C=O) groups excluding carboxylic acids is 2. The van der Waals surface area contributed by atoms with Gasteiger partial charge in [0.15, 0.2) is 0 Å². The predicted molar refractivity (Wildman–Crippen MR) is 76.5 cm³/mol. The molecule has 0 spiro atoms. The number of carbonyl (C=O) groups is 2. The summed E-state index contributed by atoms with van der Waals surface area (Å²) in [6, 6.07) is 6.08. The number of methoxy groups -OCH3 is 1. The van der Waals surface area contributed by atoms with Gasteiger partial charge in [0, 0.05) is 17.8 Å². The summed E-state index contributed by atoms with van der Waals surface area (Å²) in [5, 5.41) is 0. The molecule has 0 aromatic heterocycles. The number of benzene rings is 1. The van der Waals surface area contributed by atoms with Gasteiger partial charge >= 0.3 is 5.97 Å². The van der Waals surface area contributed by atoms with E-state index in [1.807, 2.05) is 6.92 Å². The first kappa shape index (κ1) is 15.0. The second-order valence-electron chi connectivity index (χ2n) is 4.58. The average molecular weight is 289 g/mol. The molecule has 1 heterocycles. The molecular formula is C16H16FNO3. The molecule has 110 valence electrons. The van der Waals surface area contributed by atoms with Crippen molar-refractivity contribution in [3.63, 3.8) is 0 Å². The largest absolute Gasteiger partial charge is 0.465 e. The maximum absolute atomic E-state index is 13.8. The minimum absolute atomic E-state index is 0.159. The molecule has 2 rings (SSSR count). The number of esters is 1. The van der Waals surface area contributed by atoms with Crippen LogP contribution in [-0.4, -0.2) is 30.4 Å². The van der Waals surface area contributed by atoms with E-state index in [0.29, 0.717) is 12.2 Å². The summed E-state index contributed by atoms with van der Waals surface area (Å²) < 4.78 is 18.5. The van der Waals surface area contributed by atoms with Crippen LogP contribution in [0.2, 0.25) is 0 Å². The van der Waals surface area contributed by atoms with Crippen LogP contribution in [0.25, 0.3) is 6.08 Å². The summed E-state index contributed by atoms with van der Waals surface area (Å²) in [5.74, 6) is -1.37. The van der Waals surface area contributed by atoms with Crippen LogP contribution < -0.4 is 0 Å². The van der Waals surface area contributed by atoms with Crippen LogP contribution in [0.15, 0.2) is 41.1 Å². The molecule has 0 bridgehead atoms. The second-order valence-corrected chi connectivity index (χ2v) is 4.58. The zero-order valence-corrected chi connectivity index (χ0v) is 12.1. The SMILES string of the molecule is CCN1C(=O)/C(=C\c2ccccc2F)C(C(=O)OC)=C1C. The third kappa shape index (κ3) is 2.59. The molecule has 1 aromatic rings. The molecule has 0 unspecified atom stereocenters. The van der Waals surface area contributed by atoms with Crippen LogP contribution in [0.1, 0.15) is 19.4 Å². The molecule has 5 heteroatoms. The standard InChI is InChI=1S/C16H16FNO3/c1-4-18-10(2)14(16(20)21-3)12(15(18)19)9-11-7-5-6-8-13(11)17/h5-9H,4H2,1-3H3/b12-9-. The van der Waals surface area contributed by atoms with Crippen molar-refractivity contribution in [2.75, 3.05) is 13.7 Å². The van der Waals surface area contributed by atoms with E-state index in [1.54, 1.807) is 25.1 Å². The number of halogens is 1. The Morgan fingerprint density at radius 3 is 2.62 bits per heavy atom. The first-order valence-corrected chi connectivity index (χ1v) is 6.58. The number of hydrogen-bond acceptors (Lipinski definition) is 3. The first-order valence-electron chi connectivity index (χ1n) is 6.58. The fourth-order valence-electron chi connectivity index (χ4n) is 2.36. The minimum atomic E-state index is -0.598. The summed E-state index contributed by atoms with van der Waals surface area (Å²) in [4.78, 5) is 25.8. The number of ether oxygens (including phenoxy) is 1. The van der Waals surface area contributed by atoms with Gasteiger partial charge in [-0.25, -0.2) is 9.18 Å². The van der Waals surface area contributed by atoms with Crippen molar-refractivity contribution >= 4 is 18.0 Å². The van der Waals surface area contributed by atoms with Crippen LogP contribution in [0.4, 0.5) is 4.39 Å². The number of likely N-dealkylation sites (N-methyl/N-ethyl adjacent to an activating group) is 1. The molecule has 0 atom stereocenters. The van der Waals surface area contributed by atoms with Crippen molar-refractivity contribution < 1.29 is 18.7 Å². The lowest BCUT2D eigenvalue weighted by molar-refractivity contribution is -0.136. The molecule has 0 radical (unpaired) electrons. The molecule has 1 aliphatic heterocycles. The fourth-order valence-corrected chi connectivity index (χ4v) is 2.36. The van der Waals surface area contributed by atoms with Gasteiger partial charge in [-0.3, -0.25) is 4.79 Å². The van der Waals surface area contributed by atoms with Gasteiger partial charge in [0.05, 0.1) is 18.3 Å². The fraction of sp³-hybridized carbons (Fsp3) is 0.250. The van der Waals surface area contributed by atoms with Gasteiger partial charge in [-0.2, -0.15) is 0 Å². The van der Waals surface area contributed by atoms with Crippen LogP contribution in [0, 0.1) is 5.82 Å². The van der Waals surface area contributed by atoms with Crippen molar-refractivity contribution in [3.8, 4) is 0 Å². The van der Waals surface area contributed by atoms with E-state index < -0.39 is 11.8 Å². The first-order chi connectivity index (χ1) is 10.0. The highest BCUT2D eigenvalue weighted by Gasteiger charge is 2.36. The highest BCUT2D eigenvalue weighted by molar-refractivity contribution is 6.16. The molecule has 1 amide bonds. The molecule has 1 aromatic carbocycles.